The molecular weight excluding hydrogens is 318 g/mol. The standard InChI is InChI=1S/C13H13BrClNS/c1-8-5-11(3-4-12(8)14)16-9(2)10-6-13(15)17-7-10/h3-7,9,16H,1-2H3. The van der Waals surface area contributed by atoms with Crippen LogP contribution in [0.1, 0.15) is 24.1 Å². The van der Waals surface area contributed by atoms with Crippen molar-refractivity contribution in [1.29, 1.82) is 0 Å². The predicted octanol–water partition coefficient (Wildman–Crippen LogP) is 5.65. The Morgan fingerprint density at radius 3 is 2.71 bits per heavy atom. The minimum atomic E-state index is 0.263. The van der Waals surface area contributed by atoms with E-state index in [1.165, 1.54) is 11.1 Å². The van der Waals surface area contributed by atoms with Gasteiger partial charge in [-0.1, -0.05) is 27.5 Å². The maximum absolute atomic E-state index is 5.94. The predicted molar refractivity (Wildman–Crippen MR) is 80.2 cm³/mol. The third-order valence-electron chi connectivity index (χ3n) is 2.63. The Bertz CT molecular complexity index is 524. The number of hydrogen-bond acceptors (Lipinski definition) is 2. The van der Waals surface area contributed by atoms with Crippen LogP contribution in [-0.2, 0) is 0 Å². The van der Waals surface area contributed by atoms with Gasteiger partial charge in [0.25, 0.3) is 0 Å². The highest BCUT2D eigenvalue weighted by Gasteiger charge is 2.08. The molecule has 0 radical (unpaired) electrons. The maximum Gasteiger partial charge on any atom is 0.0931 e. The molecule has 90 valence electrons. The first-order valence-electron chi connectivity index (χ1n) is 5.33. The SMILES string of the molecule is Cc1cc(NC(C)c2csc(Cl)c2)ccc1Br. The summed E-state index contributed by atoms with van der Waals surface area (Å²) in [5.74, 6) is 0. The van der Waals surface area contributed by atoms with Crippen molar-refractivity contribution in [3.8, 4) is 0 Å². The highest BCUT2D eigenvalue weighted by molar-refractivity contribution is 9.10. The minimum absolute atomic E-state index is 0.263. The number of benzene rings is 1. The fraction of sp³-hybridized carbons (Fsp3) is 0.231. The summed E-state index contributed by atoms with van der Waals surface area (Å²) < 4.78 is 1.97. The van der Waals surface area contributed by atoms with Crippen molar-refractivity contribution in [2.45, 2.75) is 19.9 Å². The number of nitrogens with one attached hydrogen (secondary N) is 1. The van der Waals surface area contributed by atoms with E-state index in [4.69, 9.17) is 11.6 Å². The molecule has 1 aromatic heterocycles. The summed E-state index contributed by atoms with van der Waals surface area (Å²) in [6.07, 6.45) is 0. The van der Waals surface area contributed by atoms with Crippen LogP contribution in [-0.4, -0.2) is 0 Å². The number of rotatable bonds is 3. The second-order valence-electron chi connectivity index (χ2n) is 4.01. The first-order chi connectivity index (χ1) is 8.06. The molecule has 2 aromatic rings. The van der Waals surface area contributed by atoms with Crippen molar-refractivity contribution in [3.05, 3.63) is 49.6 Å². The van der Waals surface area contributed by atoms with Crippen molar-refractivity contribution in [2.75, 3.05) is 5.32 Å². The van der Waals surface area contributed by atoms with E-state index < -0.39 is 0 Å². The fourth-order valence-electron chi connectivity index (χ4n) is 1.62. The van der Waals surface area contributed by atoms with Crippen LogP contribution in [0, 0.1) is 6.92 Å². The molecule has 4 heteroatoms. The maximum atomic E-state index is 5.94. The van der Waals surface area contributed by atoms with Crippen molar-refractivity contribution in [1.82, 2.24) is 0 Å². The van der Waals surface area contributed by atoms with E-state index in [1.807, 2.05) is 6.07 Å². The molecule has 0 aliphatic rings. The normalized spacial score (nSPS) is 12.5. The van der Waals surface area contributed by atoms with Crippen molar-refractivity contribution < 1.29 is 0 Å². The number of aryl methyl sites for hydroxylation is 1. The average Bonchev–Trinajstić information content (AvgIpc) is 2.70. The summed E-state index contributed by atoms with van der Waals surface area (Å²) in [5.41, 5.74) is 3.58. The van der Waals surface area contributed by atoms with Gasteiger partial charge in [0.2, 0.25) is 0 Å². The molecule has 17 heavy (non-hydrogen) atoms. The topological polar surface area (TPSA) is 12.0 Å². The van der Waals surface area contributed by atoms with Crippen LogP contribution in [0.3, 0.4) is 0 Å². The van der Waals surface area contributed by atoms with Crippen LogP contribution >= 0.6 is 38.9 Å². The van der Waals surface area contributed by atoms with E-state index in [-0.39, 0.29) is 6.04 Å². The van der Waals surface area contributed by atoms with Crippen molar-refractivity contribution in [3.63, 3.8) is 0 Å². The molecule has 0 bridgehead atoms. The molecule has 2 rings (SSSR count). The van der Waals surface area contributed by atoms with Gasteiger partial charge in [-0.2, -0.15) is 0 Å². The lowest BCUT2D eigenvalue weighted by Crippen LogP contribution is -2.05. The van der Waals surface area contributed by atoms with E-state index in [1.54, 1.807) is 11.3 Å². The highest BCUT2D eigenvalue weighted by Crippen LogP contribution is 2.28. The molecule has 0 saturated heterocycles. The minimum Gasteiger partial charge on any atom is -0.378 e. The van der Waals surface area contributed by atoms with Gasteiger partial charge in [0.05, 0.1) is 4.34 Å². The van der Waals surface area contributed by atoms with Crippen LogP contribution in [0.4, 0.5) is 5.69 Å². The molecule has 0 fully saturated rings. The second-order valence-corrected chi connectivity index (χ2v) is 6.41. The Hall–Kier alpha value is -0.510. The summed E-state index contributed by atoms with van der Waals surface area (Å²) in [6.45, 7) is 4.22. The number of halogens is 2. The highest BCUT2D eigenvalue weighted by atomic mass is 79.9. The Labute approximate surface area is 119 Å². The van der Waals surface area contributed by atoms with Crippen LogP contribution in [0.15, 0.2) is 34.1 Å². The first kappa shape index (κ1) is 12.9. The molecule has 1 nitrogen and oxygen atoms in total. The van der Waals surface area contributed by atoms with Crippen LogP contribution in [0.2, 0.25) is 4.34 Å². The summed E-state index contributed by atoms with van der Waals surface area (Å²) in [5, 5.41) is 5.56. The molecule has 1 unspecified atom stereocenters. The quantitative estimate of drug-likeness (QED) is 0.767. The zero-order chi connectivity index (χ0) is 12.4. The Balaban J connectivity index is 2.12. The molecule has 1 atom stereocenters. The third-order valence-corrected chi connectivity index (χ3v) is 4.63. The zero-order valence-electron chi connectivity index (χ0n) is 9.63. The van der Waals surface area contributed by atoms with E-state index in [9.17, 15) is 0 Å². The van der Waals surface area contributed by atoms with Gasteiger partial charge in [-0.3, -0.25) is 0 Å². The molecule has 0 aliphatic heterocycles. The van der Waals surface area contributed by atoms with E-state index >= 15 is 0 Å². The summed E-state index contributed by atoms with van der Waals surface area (Å²) in [4.78, 5) is 0. The van der Waals surface area contributed by atoms with Gasteiger partial charge in [0.1, 0.15) is 0 Å². The molecular formula is C13H13BrClNS. The van der Waals surface area contributed by atoms with E-state index in [0.29, 0.717) is 0 Å². The lowest BCUT2D eigenvalue weighted by Gasteiger charge is -2.14. The molecule has 0 spiro atoms. The van der Waals surface area contributed by atoms with Gasteiger partial charge >= 0.3 is 0 Å². The smallest absolute Gasteiger partial charge is 0.0931 e. The van der Waals surface area contributed by atoms with Gasteiger partial charge in [-0.25, -0.2) is 0 Å². The fourth-order valence-corrected chi connectivity index (χ4v) is 2.85. The van der Waals surface area contributed by atoms with Crippen molar-refractivity contribution in [2.24, 2.45) is 0 Å². The number of thiophene rings is 1. The number of anilines is 1. The molecule has 1 aromatic carbocycles. The first-order valence-corrected chi connectivity index (χ1v) is 7.38. The summed E-state index contributed by atoms with van der Waals surface area (Å²) in [6, 6.07) is 8.54. The second kappa shape index (κ2) is 5.42. The zero-order valence-corrected chi connectivity index (χ0v) is 12.8. The molecule has 0 amide bonds. The van der Waals surface area contributed by atoms with Crippen LogP contribution < -0.4 is 5.32 Å². The lowest BCUT2D eigenvalue weighted by atomic mass is 10.1. The van der Waals surface area contributed by atoms with Crippen LogP contribution in [0.5, 0.6) is 0 Å². The van der Waals surface area contributed by atoms with Gasteiger partial charge < -0.3 is 5.32 Å². The summed E-state index contributed by atoms with van der Waals surface area (Å²) >= 11 is 11.0. The molecule has 1 N–H and O–H groups in total. The van der Waals surface area contributed by atoms with Gasteiger partial charge in [0, 0.05) is 16.2 Å². The molecule has 0 saturated carbocycles. The van der Waals surface area contributed by atoms with Crippen molar-refractivity contribution >= 4 is 44.6 Å². The Morgan fingerprint density at radius 2 is 2.12 bits per heavy atom. The number of hydrogen-bond donors (Lipinski definition) is 1. The van der Waals surface area contributed by atoms with Gasteiger partial charge in [-0.15, -0.1) is 11.3 Å². The monoisotopic (exact) mass is 329 g/mol. The Morgan fingerprint density at radius 1 is 1.35 bits per heavy atom. The van der Waals surface area contributed by atoms with Crippen LogP contribution in [0.25, 0.3) is 0 Å². The average molecular weight is 331 g/mol. The summed E-state index contributed by atoms with van der Waals surface area (Å²) in [7, 11) is 0. The molecule has 0 aliphatic carbocycles. The van der Waals surface area contributed by atoms with Gasteiger partial charge in [-0.05, 0) is 54.6 Å². The lowest BCUT2D eigenvalue weighted by molar-refractivity contribution is 0.890. The largest absolute Gasteiger partial charge is 0.378 e. The Kier molecular flexibility index (Phi) is 4.13. The van der Waals surface area contributed by atoms with E-state index in [0.717, 1.165) is 14.5 Å². The van der Waals surface area contributed by atoms with E-state index in [2.05, 4.69) is 58.7 Å². The van der Waals surface area contributed by atoms with Gasteiger partial charge in [0.15, 0.2) is 0 Å². The third kappa shape index (κ3) is 3.24. The molecule has 1 heterocycles.